The lowest BCUT2D eigenvalue weighted by Gasteiger charge is -2.19. The molecule has 2 atom stereocenters. The number of benzene rings is 1. The summed E-state index contributed by atoms with van der Waals surface area (Å²) in [6, 6.07) is 5.86. The summed E-state index contributed by atoms with van der Waals surface area (Å²) in [4.78, 5) is 45.4. The molecule has 3 amide bonds. The van der Waals surface area contributed by atoms with Crippen molar-refractivity contribution in [3.05, 3.63) is 35.9 Å². The van der Waals surface area contributed by atoms with Crippen LogP contribution >= 0.6 is 0 Å². The quantitative estimate of drug-likeness (QED) is 0.368. The van der Waals surface area contributed by atoms with Crippen LogP contribution in [0.25, 0.3) is 0 Å². The van der Waals surface area contributed by atoms with E-state index in [0.717, 1.165) is 5.56 Å². The third-order valence-corrected chi connectivity index (χ3v) is 3.04. The number of carbonyl (C=O) groups excluding carboxylic acids is 3. The summed E-state index contributed by atoms with van der Waals surface area (Å²) in [5.41, 5.74) is 5.72. The lowest BCUT2D eigenvalue weighted by atomic mass is 10.1. The zero-order chi connectivity index (χ0) is 18.8. The number of carboxylic acids is 1. The van der Waals surface area contributed by atoms with E-state index in [9.17, 15) is 24.3 Å². The molecule has 0 unspecified atom stereocenters. The number of hydrogen-bond donors (Lipinski definition) is 5. The number of nitrogens with two attached hydrogens (primary N) is 1. The van der Waals surface area contributed by atoms with Gasteiger partial charge >= 0.3 is 12.1 Å². The van der Waals surface area contributed by atoms with Gasteiger partial charge in [0.1, 0.15) is 18.7 Å². The second-order valence-corrected chi connectivity index (χ2v) is 5.00. The maximum Gasteiger partial charge on any atom is 0.408 e. The van der Waals surface area contributed by atoms with Gasteiger partial charge < -0.3 is 31.3 Å². The number of rotatable bonds is 9. The molecule has 10 heteroatoms. The van der Waals surface area contributed by atoms with Crippen LogP contribution in [0.1, 0.15) is 12.0 Å². The third-order valence-electron chi connectivity index (χ3n) is 3.04. The highest BCUT2D eigenvalue weighted by molar-refractivity contribution is 5.92. The molecule has 6 N–H and O–H groups in total. The Balaban J connectivity index is 2.55. The van der Waals surface area contributed by atoms with Gasteiger partial charge in [0.25, 0.3) is 0 Å². The molecule has 0 spiro atoms. The number of hydrogen-bond acceptors (Lipinski definition) is 6. The molecule has 25 heavy (non-hydrogen) atoms. The van der Waals surface area contributed by atoms with Crippen LogP contribution in [0.15, 0.2) is 30.3 Å². The van der Waals surface area contributed by atoms with E-state index in [1.54, 1.807) is 30.3 Å². The number of alkyl carbamates (subject to hydrolysis) is 1. The van der Waals surface area contributed by atoms with Crippen molar-refractivity contribution < 1.29 is 34.1 Å². The van der Waals surface area contributed by atoms with Gasteiger partial charge in [-0.1, -0.05) is 30.3 Å². The summed E-state index contributed by atoms with van der Waals surface area (Å²) >= 11 is 0. The summed E-state index contributed by atoms with van der Waals surface area (Å²) in [6.07, 6.45) is -1.69. The Labute approximate surface area is 143 Å². The maximum atomic E-state index is 11.9. The van der Waals surface area contributed by atoms with Gasteiger partial charge in [-0.2, -0.15) is 0 Å². The molecule has 0 radical (unpaired) electrons. The van der Waals surface area contributed by atoms with Gasteiger partial charge in [-0.25, -0.2) is 4.79 Å². The smallest absolute Gasteiger partial charge is 0.408 e. The molecule has 0 bridgehead atoms. The van der Waals surface area contributed by atoms with Crippen molar-refractivity contribution in [3.8, 4) is 0 Å². The van der Waals surface area contributed by atoms with E-state index in [1.165, 1.54) is 0 Å². The molecular weight excluding hydrogens is 334 g/mol. The SMILES string of the molecule is NC(=O)[C@H](CC(=O)O)NC(=O)[C@H](CO)NC(=O)OCc1ccccc1. The molecule has 0 aliphatic carbocycles. The van der Waals surface area contributed by atoms with Crippen LogP contribution < -0.4 is 16.4 Å². The zero-order valence-corrected chi connectivity index (χ0v) is 13.2. The van der Waals surface area contributed by atoms with Crippen LogP contribution in [0.5, 0.6) is 0 Å². The molecule has 1 rings (SSSR count). The number of aliphatic carboxylic acids is 1. The number of carbonyl (C=O) groups is 4. The van der Waals surface area contributed by atoms with E-state index in [1.807, 2.05) is 0 Å². The lowest BCUT2D eigenvalue weighted by molar-refractivity contribution is -0.140. The maximum absolute atomic E-state index is 11.9. The van der Waals surface area contributed by atoms with E-state index in [-0.39, 0.29) is 6.61 Å². The van der Waals surface area contributed by atoms with Crippen molar-refractivity contribution in [3.63, 3.8) is 0 Å². The van der Waals surface area contributed by atoms with Crippen LogP contribution in [0.4, 0.5) is 4.79 Å². The number of primary amides is 1. The minimum absolute atomic E-state index is 0.0463. The predicted octanol–water partition coefficient (Wildman–Crippen LogP) is -1.28. The van der Waals surface area contributed by atoms with Crippen LogP contribution in [0.3, 0.4) is 0 Å². The van der Waals surface area contributed by atoms with Crippen molar-refractivity contribution in [2.75, 3.05) is 6.61 Å². The van der Waals surface area contributed by atoms with E-state index in [4.69, 9.17) is 15.6 Å². The number of ether oxygens (including phenoxy) is 1. The van der Waals surface area contributed by atoms with E-state index in [2.05, 4.69) is 10.6 Å². The van der Waals surface area contributed by atoms with Gasteiger partial charge in [-0.05, 0) is 5.56 Å². The first-order valence-electron chi connectivity index (χ1n) is 7.23. The topological polar surface area (TPSA) is 168 Å². The Kier molecular flexibility index (Phi) is 7.87. The number of aliphatic hydroxyl groups excluding tert-OH is 1. The molecule has 0 heterocycles. The molecule has 0 saturated carbocycles. The lowest BCUT2D eigenvalue weighted by Crippen LogP contribution is -2.54. The fraction of sp³-hybridized carbons (Fsp3) is 0.333. The fourth-order valence-corrected chi connectivity index (χ4v) is 1.77. The summed E-state index contributed by atoms with van der Waals surface area (Å²) in [7, 11) is 0. The standard InChI is InChI=1S/C15H19N3O7/c16-13(22)10(6-12(20)21)17-14(23)11(7-19)18-15(24)25-8-9-4-2-1-3-5-9/h1-5,10-11,19H,6-8H2,(H2,16,22)(H,17,23)(H,18,24)(H,20,21)/t10-,11-/m0/s1. The molecule has 0 aliphatic heterocycles. The second-order valence-electron chi connectivity index (χ2n) is 5.00. The summed E-state index contributed by atoms with van der Waals surface area (Å²) in [6.45, 7) is -0.833. The second kappa shape index (κ2) is 9.88. The molecule has 0 fully saturated rings. The predicted molar refractivity (Wildman–Crippen MR) is 84.0 cm³/mol. The van der Waals surface area contributed by atoms with Crippen LogP contribution in [-0.4, -0.2) is 52.8 Å². The highest BCUT2D eigenvalue weighted by atomic mass is 16.5. The van der Waals surface area contributed by atoms with Crippen molar-refractivity contribution in [1.82, 2.24) is 10.6 Å². The average Bonchev–Trinajstić information content (AvgIpc) is 2.57. The van der Waals surface area contributed by atoms with Crippen LogP contribution in [-0.2, 0) is 25.7 Å². The highest BCUT2D eigenvalue weighted by Crippen LogP contribution is 2.01. The Morgan fingerprint density at radius 1 is 1.08 bits per heavy atom. The van der Waals surface area contributed by atoms with Gasteiger partial charge in [-0.15, -0.1) is 0 Å². The normalized spacial score (nSPS) is 12.5. The Morgan fingerprint density at radius 3 is 2.24 bits per heavy atom. The first-order chi connectivity index (χ1) is 11.8. The minimum atomic E-state index is -1.47. The van der Waals surface area contributed by atoms with Gasteiger partial charge in [0, 0.05) is 0 Å². The number of amides is 3. The van der Waals surface area contributed by atoms with Gasteiger partial charge in [0.05, 0.1) is 13.0 Å². The molecule has 136 valence electrons. The summed E-state index contributed by atoms with van der Waals surface area (Å²) in [5, 5.41) is 22.0. The van der Waals surface area contributed by atoms with Crippen LogP contribution in [0, 0.1) is 0 Å². The minimum Gasteiger partial charge on any atom is -0.481 e. The molecule has 0 aliphatic rings. The average molecular weight is 353 g/mol. The Bertz CT molecular complexity index is 621. The molecule has 0 aromatic heterocycles. The van der Waals surface area contributed by atoms with Crippen molar-refractivity contribution in [2.24, 2.45) is 5.73 Å². The molecule has 1 aromatic carbocycles. The molecule has 1 aromatic rings. The van der Waals surface area contributed by atoms with E-state index >= 15 is 0 Å². The van der Waals surface area contributed by atoms with Crippen molar-refractivity contribution in [1.29, 1.82) is 0 Å². The Hall–Kier alpha value is -3.14. The molecular formula is C15H19N3O7. The van der Waals surface area contributed by atoms with Crippen LogP contribution in [0.2, 0.25) is 0 Å². The van der Waals surface area contributed by atoms with E-state index < -0.39 is 49.0 Å². The van der Waals surface area contributed by atoms with Gasteiger partial charge in [-0.3, -0.25) is 14.4 Å². The zero-order valence-electron chi connectivity index (χ0n) is 13.2. The first kappa shape index (κ1) is 19.9. The van der Waals surface area contributed by atoms with Crippen molar-refractivity contribution >= 4 is 23.9 Å². The van der Waals surface area contributed by atoms with Gasteiger partial charge in [0.2, 0.25) is 11.8 Å². The highest BCUT2D eigenvalue weighted by Gasteiger charge is 2.27. The monoisotopic (exact) mass is 353 g/mol. The van der Waals surface area contributed by atoms with Gasteiger partial charge in [0.15, 0.2) is 0 Å². The largest absolute Gasteiger partial charge is 0.481 e. The fourth-order valence-electron chi connectivity index (χ4n) is 1.77. The Morgan fingerprint density at radius 2 is 1.72 bits per heavy atom. The number of nitrogens with one attached hydrogen (secondary N) is 2. The van der Waals surface area contributed by atoms with E-state index in [0.29, 0.717) is 0 Å². The molecule has 0 saturated heterocycles. The molecule has 10 nitrogen and oxygen atoms in total. The number of carboxylic acid groups (broad SMARTS) is 1. The first-order valence-corrected chi connectivity index (χ1v) is 7.23. The summed E-state index contributed by atoms with van der Waals surface area (Å²) < 4.78 is 4.90. The number of aliphatic hydroxyl groups is 1. The summed E-state index contributed by atoms with van der Waals surface area (Å²) in [5.74, 6) is -3.37. The van der Waals surface area contributed by atoms with Crippen molar-refractivity contribution in [2.45, 2.75) is 25.1 Å². The third kappa shape index (κ3) is 7.31.